The van der Waals surface area contributed by atoms with Gasteiger partial charge in [-0.1, -0.05) is 23.8 Å². The predicted molar refractivity (Wildman–Crippen MR) is 127 cm³/mol. The summed E-state index contributed by atoms with van der Waals surface area (Å²) in [6, 6.07) is 10.6. The first-order valence-corrected chi connectivity index (χ1v) is 9.51. The molecule has 0 spiro atoms. The highest BCUT2D eigenvalue weighted by molar-refractivity contribution is 14.0. The molecular formula is C21H28F2IN5O2. The third-order valence-electron chi connectivity index (χ3n) is 4.36. The zero-order chi connectivity index (χ0) is 21.9. The van der Waals surface area contributed by atoms with E-state index in [0.29, 0.717) is 24.5 Å². The first kappa shape index (κ1) is 26.5. The van der Waals surface area contributed by atoms with Gasteiger partial charge in [-0.05, 0) is 25.1 Å². The van der Waals surface area contributed by atoms with Crippen LogP contribution < -0.4 is 15.4 Å². The summed E-state index contributed by atoms with van der Waals surface area (Å²) in [6.07, 6.45) is 2.39. The molecule has 10 heteroatoms. The second-order valence-corrected chi connectivity index (χ2v) is 6.66. The fourth-order valence-electron chi connectivity index (χ4n) is 2.70. The minimum atomic E-state index is -2.90. The highest BCUT2D eigenvalue weighted by Crippen LogP contribution is 2.21. The largest absolute Gasteiger partial charge is 0.434 e. The fourth-order valence-corrected chi connectivity index (χ4v) is 2.70. The van der Waals surface area contributed by atoms with Crippen LogP contribution >= 0.6 is 24.0 Å². The lowest BCUT2D eigenvalue weighted by Crippen LogP contribution is -2.43. The number of halogens is 3. The summed E-state index contributed by atoms with van der Waals surface area (Å²) in [4.78, 5) is 22.3. The van der Waals surface area contributed by atoms with Crippen LogP contribution in [0.5, 0.6) is 5.75 Å². The number of aliphatic imine (C=N–C) groups is 1. The number of hydrogen-bond acceptors (Lipinski definition) is 4. The highest BCUT2D eigenvalue weighted by atomic mass is 127. The number of nitrogens with one attached hydrogen (secondary N) is 2. The molecule has 2 N–H and O–H groups in total. The Hall–Kier alpha value is -2.50. The van der Waals surface area contributed by atoms with E-state index in [1.54, 1.807) is 37.3 Å². The standard InChI is InChI=1S/C21H27F2N5O2.HI/c1-15-7-8-18(30-20(22)23)16(12-15)13-26-21(24-2)27-14-19(29)28(3)11-9-17-6-4-5-10-25-17;/h4-8,10,12,20H,9,11,13-14H2,1-3H3,(H2,24,26,27);1H. The Morgan fingerprint density at radius 3 is 2.68 bits per heavy atom. The quantitative estimate of drug-likeness (QED) is 0.287. The molecule has 0 radical (unpaired) electrons. The number of nitrogens with zero attached hydrogens (tertiary/aromatic N) is 3. The molecule has 0 aliphatic heterocycles. The molecule has 1 amide bonds. The van der Waals surface area contributed by atoms with Crippen LogP contribution in [0.15, 0.2) is 47.6 Å². The molecule has 0 aliphatic rings. The maximum Gasteiger partial charge on any atom is 0.387 e. The topological polar surface area (TPSA) is 78.9 Å². The molecule has 2 rings (SSSR count). The molecule has 0 atom stereocenters. The van der Waals surface area contributed by atoms with Crippen LogP contribution in [0.4, 0.5) is 8.78 Å². The second kappa shape index (κ2) is 13.7. The molecule has 0 bridgehead atoms. The van der Waals surface area contributed by atoms with Gasteiger partial charge in [-0.25, -0.2) is 0 Å². The van der Waals surface area contributed by atoms with Crippen LogP contribution in [0.1, 0.15) is 16.8 Å². The van der Waals surface area contributed by atoms with Gasteiger partial charge in [0.15, 0.2) is 5.96 Å². The van der Waals surface area contributed by atoms with E-state index in [0.717, 1.165) is 11.3 Å². The van der Waals surface area contributed by atoms with Gasteiger partial charge in [-0.3, -0.25) is 14.8 Å². The van der Waals surface area contributed by atoms with Gasteiger partial charge in [0.1, 0.15) is 5.75 Å². The van der Waals surface area contributed by atoms with Crippen molar-refractivity contribution >= 4 is 35.8 Å². The van der Waals surface area contributed by atoms with Crippen LogP contribution in [-0.2, 0) is 17.8 Å². The molecule has 0 unspecified atom stereocenters. The summed E-state index contributed by atoms with van der Waals surface area (Å²) in [7, 11) is 3.29. The van der Waals surface area contributed by atoms with Crippen molar-refractivity contribution in [3.8, 4) is 5.75 Å². The minimum absolute atomic E-state index is 0. The van der Waals surface area contributed by atoms with Gasteiger partial charge in [-0.2, -0.15) is 8.78 Å². The van der Waals surface area contributed by atoms with E-state index in [2.05, 4.69) is 25.3 Å². The summed E-state index contributed by atoms with van der Waals surface area (Å²) < 4.78 is 29.8. The molecule has 170 valence electrons. The van der Waals surface area contributed by atoms with Gasteiger partial charge in [0, 0.05) is 51.1 Å². The van der Waals surface area contributed by atoms with Gasteiger partial charge < -0.3 is 20.3 Å². The number of aryl methyl sites for hydroxylation is 1. The number of amides is 1. The number of pyridine rings is 1. The Labute approximate surface area is 198 Å². The zero-order valence-electron chi connectivity index (χ0n) is 17.8. The van der Waals surface area contributed by atoms with E-state index in [4.69, 9.17) is 0 Å². The number of carbonyl (C=O) groups is 1. The molecule has 1 aromatic heterocycles. The van der Waals surface area contributed by atoms with Gasteiger partial charge in [0.25, 0.3) is 0 Å². The van der Waals surface area contributed by atoms with E-state index in [9.17, 15) is 13.6 Å². The van der Waals surface area contributed by atoms with E-state index < -0.39 is 6.61 Å². The van der Waals surface area contributed by atoms with Crippen molar-refractivity contribution < 1.29 is 18.3 Å². The summed E-state index contributed by atoms with van der Waals surface area (Å²) in [5.74, 6) is 0.376. The average Bonchev–Trinajstić information content (AvgIpc) is 2.74. The Kier molecular flexibility index (Phi) is 11.8. The molecule has 31 heavy (non-hydrogen) atoms. The van der Waals surface area contributed by atoms with Gasteiger partial charge in [0.05, 0.1) is 6.54 Å². The first-order chi connectivity index (χ1) is 14.4. The molecule has 0 fully saturated rings. The van der Waals surface area contributed by atoms with E-state index in [1.165, 1.54) is 6.07 Å². The van der Waals surface area contributed by atoms with E-state index in [-0.39, 0.29) is 48.7 Å². The summed E-state index contributed by atoms with van der Waals surface area (Å²) in [5, 5.41) is 5.95. The third kappa shape index (κ3) is 9.45. The lowest BCUT2D eigenvalue weighted by Gasteiger charge is -2.19. The molecule has 1 heterocycles. The molecule has 7 nitrogen and oxygen atoms in total. The summed E-state index contributed by atoms with van der Waals surface area (Å²) >= 11 is 0. The van der Waals surface area contributed by atoms with Crippen molar-refractivity contribution in [1.82, 2.24) is 20.5 Å². The number of alkyl halides is 2. The zero-order valence-corrected chi connectivity index (χ0v) is 20.1. The molecule has 2 aromatic rings. The van der Waals surface area contributed by atoms with Crippen molar-refractivity contribution in [3.05, 3.63) is 59.4 Å². The summed E-state index contributed by atoms with van der Waals surface area (Å²) in [5.41, 5.74) is 2.40. The number of carbonyl (C=O) groups excluding carboxylic acids is 1. The summed E-state index contributed by atoms with van der Waals surface area (Å²) in [6.45, 7) is -0.230. The minimum Gasteiger partial charge on any atom is -0.434 e. The lowest BCUT2D eigenvalue weighted by atomic mass is 10.1. The molecule has 0 saturated carbocycles. The number of benzene rings is 1. The number of aromatic nitrogens is 1. The van der Waals surface area contributed by atoms with Crippen LogP contribution in [-0.4, -0.2) is 55.5 Å². The first-order valence-electron chi connectivity index (χ1n) is 9.51. The number of ether oxygens (including phenoxy) is 1. The Morgan fingerprint density at radius 2 is 2.03 bits per heavy atom. The van der Waals surface area contributed by atoms with Crippen LogP contribution in [0, 0.1) is 6.92 Å². The van der Waals surface area contributed by atoms with Crippen molar-refractivity contribution in [1.29, 1.82) is 0 Å². The number of guanidine groups is 1. The maximum atomic E-state index is 12.6. The second-order valence-electron chi connectivity index (χ2n) is 6.66. The predicted octanol–water partition coefficient (Wildman–Crippen LogP) is 2.98. The molecule has 0 saturated heterocycles. The molecule has 1 aromatic carbocycles. The Bertz CT molecular complexity index is 853. The Balaban J connectivity index is 0.00000480. The maximum absolute atomic E-state index is 12.6. The normalized spacial score (nSPS) is 11.0. The van der Waals surface area contributed by atoms with E-state index in [1.807, 2.05) is 25.1 Å². The van der Waals surface area contributed by atoms with E-state index >= 15 is 0 Å². The van der Waals surface area contributed by atoms with Crippen molar-refractivity contribution in [2.24, 2.45) is 4.99 Å². The highest BCUT2D eigenvalue weighted by Gasteiger charge is 2.12. The van der Waals surface area contributed by atoms with Crippen molar-refractivity contribution in [2.45, 2.75) is 26.5 Å². The number of hydrogen-bond donors (Lipinski definition) is 2. The fraction of sp³-hybridized carbons (Fsp3) is 0.381. The average molecular weight is 547 g/mol. The molecule has 0 aliphatic carbocycles. The number of likely N-dealkylation sites (N-methyl/N-ethyl adjacent to an activating group) is 1. The molecular weight excluding hydrogens is 519 g/mol. The Morgan fingerprint density at radius 1 is 1.26 bits per heavy atom. The number of rotatable bonds is 9. The monoisotopic (exact) mass is 547 g/mol. The van der Waals surface area contributed by atoms with Crippen LogP contribution in [0.3, 0.4) is 0 Å². The van der Waals surface area contributed by atoms with Gasteiger partial charge >= 0.3 is 6.61 Å². The van der Waals surface area contributed by atoms with Crippen LogP contribution in [0.2, 0.25) is 0 Å². The lowest BCUT2D eigenvalue weighted by molar-refractivity contribution is -0.128. The van der Waals surface area contributed by atoms with Crippen molar-refractivity contribution in [3.63, 3.8) is 0 Å². The van der Waals surface area contributed by atoms with Gasteiger partial charge in [-0.15, -0.1) is 24.0 Å². The van der Waals surface area contributed by atoms with Crippen LogP contribution in [0.25, 0.3) is 0 Å². The third-order valence-corrected chi connectivity index (χ3v) is 4.36. The SMILES string of the molecule is CN=C(NCC(=O)N(C)CCc1ccccn1)NCc1cc(C)ccc1OC(F)F.I. The smallest absolute Gasteiger partial charge is 0.387 e. The van der Waals surface area contributed by atoms with Gasteiger partial charge in [0.2, 0.25) is 5.91 Å². The van der Waals surface area contributed by atoms with Crippen molar-refractivity contribution in [2.75, 3.05) is 27.2 Å².